The van der Waals surface area contributed by atoms with Crippen LogP contribution in [0.25, 0.3) is 16.8 Å². The van der Waals surface area contributed by atoms with E-state index in [1.165, 1.54) is 12.1 Å². The van der Waals surface area contributed by atoms with E-state index < -0.39 is 17.3 Å². The van der Waals surface area contributed by atoms with E-state index in [9.17, 15) is 19.1 Å². The largest absolute Gasteiger partial charge is 0.491 e. The molecular weight excluding hydrogens is 601 g/mol. The Kier molecular flexibility index (Phi) is 8.34. The van der Waals surface area contributed by atoms with Gasteiger partial charge in [-0.3, -0.25) is 9.59 Å². The third kappa shape index (κ3) is 6.54. The van der Waals surface area contributed by atoms with Gasteiger partial charge in [-0.15, -0.1) is 0 Å². The second-order valence-corrected chi connectivity index (χ2v) is 13.1. The van der Waals surface area contributed by atoms with Crippen molar-refractivity contribution in [3.8, 4) is 22.9 Å². The summed E-state index contributed by atoms with van der Waals surface area (Å²) in [5.74, 6) is -0.222. The molecule has 0 saturated heterocycles. The van der Waals surface area contributed by atoms with E-state index in [0.717, 1.165) is 62.6 Å². The number of nitrogens with one attached hydrogen (secondary N) is 1. The van der Waals surface area contributed by atoms with Crippen molar-refractivity contribution in [1.29, 1.82) is 0 Å². The maximum atomic E-state index is 13.9. The molecule has 11 heteroatoms. The fourth-order valence-corrected chi connectivity index (χ4v) is 6.64. The normalized spacial score (nSPS) is 17.9. The second kappa shape index (κ2) is 12.6. The number of rotatable bonds is 13. The van der Waals surface area contributed by atoms with E-state index in [-0.39, 0.29) is 30.9 Å². The summed E-state index contributed by atoms with van der Waals surface area (Å²) in [5, 5.41) is 20.3. The van der Waals surface area contributed by atoms with Crippen LogP contribution in [0.2, 0.25) is 0 Å². The average molecular weight is 642 g/mol. The van der Waals surface area contributed by atoms with Crippen molar-refractivity contribution in [2.24, 2.45) is 11.7 Å². The molecule has 3 aliphatic rings. The highest BCUT2D eigenvalue weighted by molar-refractivity contribution is 5.95. The van der Waals surface area contributed by atoms with Gasteiger partial charge >= 0.3 is 0 Å². The summed E-state index contributed by atoms with van der Waals surface area (Å²) in [7, 11) is 0. The lowest BCUT2D eigenvalue weighted by atomic mass is 9.81. The van der Waals surface area contributed by atoms with E-state index in [0.29, 0.717) is 52.2 Å². The number of carbonyl (C=O) groups excluding carboxylic acids is 2. The van der Waals surface area contributed by atoms with Gasteiger partial charge in [0.15, 0.2) is 0 Å². The molecule has 3 fully saturated rings. The zero-order valence-corrected chi connectivity index (χ0v) is 26.5. The maximum Gasteiger partial charge on any atom is 0.251 e. The lowest BCUT2D eigenvalue weighted by Crippen LogP contribution is -2.46. The highest BCUT2D eigenvalue weighted by Gasteiger charge is 2.43. The van der Waals surface area contributed by atoms with Crippen LogP contribution in [-0.2, 0) is 16.8 Å². The molecule has 3 aliphatic carbocycles. The topological polar surface area (TPSA) is 141 Å². The third-order valence-electron chi connectivity index (χ3n) is 9.43. The first-order valence-corrected chi connectivity index (χ1v) is 16.6. The van der Waals surface area contributed by atoms with Crippen LogP contribution < -0.4 is 20.5 Å². The minimum absolute atomic E-state index is 0.118. The predicted molar refractivity (Wildman–Crippen MR) is 173 cm³/mol. The Morgan fingerprint density at radius 3 is 2.47 bits per heavy atom. The molecule has 4 N–H and O–H groups in total. The molecule has 0 radical (unpaired) electrons. The monoisotopic (exact) mass is 641 g/mol. The highest BCUT2D eigenvalue weighted by atomic mass is 19.1. The van der Waals surface area contributed by atoms with Crippen molar-refractivity contribution in [2.45, 2.75) is 82.3 Å². The van der Waals surface area contributed by atoms with Gasteiger partial charge in [-0.25, -0.2) is 13.9 Å². The van der Waals surface area contributed by atoms with E-state index in [4.69, 9.17) is 25.3 Å². The molecule has 0 bridgehead atoms. The molecule has 4 aromatic rings. The number of ether oxygens (including phenoxy) is 2. The summed E-state index contributed by atoms with van der Waals surface area (Å²) in [6, 6.07) is 13.0. The number of hydrogen-bond donors (Lipinski definition) is 3. The van der Waals surface area contributed by atoms with Crippen molar-refractivity contribution in [1.82, 2.24) is 19.9 Å². The van der Waals surface area contributed by atoms with Crippen LogP contribution in [0, 0.1) is 11.7 Å². The Morgan fingerprint density at radius 1 is 1.06 bits per heavy atom. The number of nitrogens with two attached hydrogens (primary N) is 1. The van der Waals surface area contributed by atoms with Crippen LogP contribution in [-0.4, -0.2) is 50.8 Å². The number of pyridine rings is 2. The predicted octanol–water partition coefficient (Wildman–Crippen LogP) is 5.19. The minimum Gasteiger partial charge on any atom is -0.491 e. The molecule has 0 unspecified atom stereocenters. The van der Waals surface area contributed by atoms with E-state index in [2.05, 4.69) is 5.32 Å². The Hall–Kier alpha value is -4.51. The number of nitrogens with zero attached hydrogens (tertiary/aromatic N) is 3. The van der Waals surface area contributed by atoms with Crippen LogP contribution in [0.4, 0.5) is 4.39 Å². The van der Waals surface area contributed by atoms with Gasteiger partial charge in [-0.1, -0.05) is 12.8 Å². The van der Waals surface area contributed by atoms with Crippen LogP contribution in [0.1, 0.15) is 91.5 Å². The zero-order valence-electron chi connectivity index (χ0n) is 26.5. The summed E-state index contributed by atoms with van der Waals surface area (Å²) in [4.78, 5) is 30.9. The Labute approximate surface area is 272 Å². The van der Waals surface area contributed by atoms with Crippen LogP contribution in [0.15, 0.2) is 48.5 Å². The summed E-state index contributed by atoms with van der Waals surface area (Å²) >= 11 is 0. The molecule has 1 atom stereocenters. The molecule has 3 saturated carbocycles. The summed E-state index contributed by atoms with van der Waals surface area (Å²) in [6.45, 7) is 1.99. The third-order valence-corrected chi connectivity index (χ3v) is 9.43. The van der Waals surface area contributed by atoms with Crippen molar-refractivity contribution >= 4 is 17.3 Å². The SMILES string of the molecule is CCOc1c(CC(N)=O)cc([C@@](O)(CNC(=O)c2cc(OC3CC3)n3nc(C4CC4)cc3c2)C2CCCC2)nc1-c1ccc(F)cc1. The van der Waals surface area contributed by atoms with Gasteiger partial charge in [0.25, 0.3) is 5.91 Å². The molecule has 7 rings (SSSR count). The van der Waals surface area contributed by atoms with E-state index in [1.54, 1.807) is 34.8 Å². The van der Waals surface area contributed by atoms with Crippen molar-refractivity contribution in [3.63, 3.8) is 0 Å². The van der Waals surface area contributed by atoms with Crippen molar-refractivity contribution in [2.75, 3.05) is 13.2 Å². The van der Waals surface area contributed by atoms with E-state index in [1.807, 2.05) is 13.0 Å². The first kappa shape index (κ1) is 31.1. The Bertz CT molecular complexity index is 1810. The average Bonchev–Trinajstić information content (AvgIpc) is 3.97. The number of primary amides is 1. The van der Waals surface area contributed by atoms with Gasteiger partial charge in [-0.2, -0.15) is 5.10 Å². The van der Waals surface area contributed by atoms with Gasteiger partial charge in [0.05, 0.1) is 36.5 Å². The number of carbonyl (C=O) groups is 2. The first-order valence-electron chi connectivity index (χ1n) is 16.6. The standard InChI is InChI=1S/C36H40FN5O5/c1-2-46-34-23(17-31(38)43)16-30(40-33(34)22-9-11-26(37)12-10-22)36(45,25-5-3-4-6-25)20-39-35(44)24-15-27-19-29(21-7-8-21)41-42(27)32(18-24)47-28-13-14-28/h9-12,15-16,18-19,21,25,28,45H,2-8,13-14,17,20H2,1H3,(H2,38,43)(H,39,44)/t36-/m1/s1. The first-order chi connectivity index (χ1) is 22.7. The number of aromatic nitrogens is 3. The van der Waals surface area contributed by atoms with Crippen LogP contribution >= 0.6 is 0 Å². The van der Waals surface area contributed by atoms with Crippen molar-refractivity contribution < 1.29 is 28.6 Å². The molecule has 246 valence electrons. The van der Waals surface area contributed by atoms with Crippen LogP contribution in [0.3, 0.4) is 0 Å². The number of halogens is 1. The molecule has 3 aromatic heterocycles. The van der Waals surface area contributed by atoms with Gasteiger partial charge in [0, 0.05) is 28.7 Å². The smallest absolute Gasteiger partial charge is 0.251 e. The van der Waals surface area contributed by atoms with Gasteiger partial charge in [0.2, 0.25) is 11.8 Å². The highest BCUT2D eigenvalue weighted by Crippen LogP contribution is 2.43. The Morgan fingerprint density at radius 2 is 1.81 bits per heavy atom. The second-order valence-electron chi connectivity index (χ2n) is 13.1. The summed E-state index contributed by atoms with van der Waals surface area (Å²) < 4.78 is 27.8. The molecule has 3 heterocycles. The maximum absolute atomic E-state index is 13.9. The molecule has 0 aliphatic heterocycles. The fourth-order valence-electron chi connectivity index (χ4n) is 6.64. The lowest BCUT2D eigenvalue weighted by Gasteiger charge is -2.35. The Balaban J connectivity index is 1.25. The number of amides is 2. The molecule has 2 amide bonds. The minimum atomic E-state index is -1.58. The van der Waals surface area contributed by atoms with Crippen LogP contribution in [0.5, 0.6) is 11.6 Å². The van der Waals surface area contributed by atoms with E-state index >= 15 is 0 Å². The molecule has 47 heavy (non-hydrogen) atoms. The van der Waals surface area contributed by atoms with Gasteiger partial charge in [0.1, 0.15) is 29.0 Å². The zero-order chi connectivity index (χ0) is 32.7. The summed E-state index contributed by atoms with van der Waals surface area (Å²) in [5.41, 5.74) is 7.95. The number of fused-ring (bicyclic) bond motifs is 1. The number of benzene rings is 1. The summed E-state index contributed by atoms with van der Waals surface area (Å²) in [6.07, 6.45) is 7.47. The number of hydrogen-bond acceptors (Lipinski definition) is 7. The van der Waals surface area contributed by atoms with Gasteiger partial charge in [-0.05, 0) is 93.8 Å². The van der Waals surface area contributed by atoms with Gasteiger partial charge < -0.3 is 25.6 Å². The molecule has 1 aromatic carbocycles. The number of aliphatic hydroxyl groups is 1. The fraction of sp³-hybridized carbons (Fsp3) is 0.444. The van der Waals surface area contributed by atoms with Crippen molar-refractivity contribution in [3.05, 3.63) is 76.9 Å². The molecule has 10 nitrogen and oxygen atoms in total. The molecular formula is C36H40FN5O5. The lowest BCUT2D eigenvalue weighted by molar-refractivity contribution is -0.117. The quantitative estimate of drug-likeness (QED) is 0.183. The molecule has 0 spiro atoms.